The van der Waals surface area contributed by atoms with E-state index in [-0.39, 0.29) is 0 Å². The second kappa shape index (κ2) is 6.17. The Hall–Kier alpha value is -1.39. The number of aromatic nitrogens is 1. The van der Waals surface area contributed by atoms with Crippen LogP contribution in [0.5, 0.6) is 5.88 Å². The van der Waals surface area contributed by atoms with E-state index in [9.17, 15) is 0 Å². The maximum Gasteiger partial charge on any atom is 0.213 e. The lowest BCUT2D eigenvalue weighted by Crippen LogP contribution is -2.18. The molecule has 0 radical (unpaired) electrons. The number of nitrogens with zero attached hydrogens (tertiary/aromatic N) is 1. The molecule has 1 unspecified atom stereocenters. The molecule has 102 valence electrons. The molecule has 19 heavy (non-hydrogen) atoms. The van der Waals surface area contributed by atoms with Gasteiger partial charge in [-0.05, 0) is 44.0 Å². The predicted octanol–water partition coefficient (Wildman–Crippen LogP) is 3.62. The molecule has 0 aliphatic rings. The number of nitrogens with one attached hydrogen (secondary N) is 1. The standard InChI is InChI=1S/C15H20N2OS/c1-10-7-14(12(3)19-10)11(2)17-9-13-5-6-16-15(8-13)18-4/h5-8,11,17H,9H2,1-4H3. The number of hydrogen-bond donors (Lipinski definition) is 1. The Kier molecular flexibility index (Phi) is 4.56. The van der Waals surface area contributed by atoms with Gasteiger partial charge in [0.2, 0.25) is 5.88 Å². The van der Waals surface area contributed by atoms with Crippen LogP contribution in [0.2, 0.25) is 0 Å². The van der Waals surface area contributed by atoms with E-state index in [1.807, 2.05) is 23.5 Å². The van der Waals surface area contributed by atoms with Gasteiger partial charge in [0.1, 0.15) is 0 Å². The number of aryl methyl sites for hydroxylation is 2. The molecule has 0 aliphatic carbocycles. The molecule has 0 saturated carbocycles. The van der Waals surface area contributed by atoms with E-state index in [0.29, 0.717) is 11.9 Å². The topological polar surface area (TPSA) is 34.1 Å². The number of thiophene rings is 1. The highest BCUT2D eigenvalue weighted by molar-refractivity contribution is 7.12. The molecule has 2 heterocycles. The summed E-state index contributed by atoms with van der Waals surface area (Å²) in [6.07, 6.45) is 1.78. The molecule has 1 atom stereocenters. The summed E-state index contributed by atoms with van der Waals surface area (Å²) in [7, 11) is 1.64. The zero-order valence-corrected chi connectivity index (χ0v) is 12.7. The summed E-state index contributed by atoms with van der Waals surface area (Å²) in [6, 6.07) is 6.59. The molecule has 2 aromatic rings. The molecule has 2 rings (SSSR count). The van der Waals surface area contributed by atoms with Gasteiger partial charge in [-0.2, -0.15) is 0 Å². The third kappa shape index (κ3) is 3.55. The molecule has 0 aliphatic heterocycles. The third-order valence-electron chi connectivity index (χ3n) is 3.17. The minimum atomic E-state index is 0.351. The average molecular weight is 276 g/mol. The number of rotatable bonds is 5. The minimum Gasteiger partial charge on any atom is -0.481 e. The molecule has 4 heteroatoms. The first kappa shape index (κ1) is 14.0. The summed E-state index contributed by atoms with van der Waals surface area (Å²) in [5.41, 5.74) is 2.58. The van der Waals surface area contributed by atoms with Crippen molar-refractivity contribution in [1.82, 2.24) is 10.3 Å². The first-order valence-corrected chi connectivity index (χ1v) is 7.21. The third-order valence-corrected chi connectivity index (χ3v) is 4.15. The fraction of sp³-hybridized carbons (Fsp3) is 0.400. The van der Waals surface area contributed by atoms with Crippen molar-refractivity contribution < 1.29 is 4.74 Å². The van der Waals surface area contributed by atoms with Gasteiger partial charge in [0.15, 0.2) is 0 Å². The van der Waals surface area contributed by atoms with E-state index < -0.39 is 0 Å². The zero-order valence-electron chi connectivity index (χ0n) is 11.9. The molecule has 0 fully saturated rings. The summed E-state index contributed by atoms with van der Waals surface area (Å²) in [5, 5.41) is 3.54. The van der Waals surface area contributed by atoms with Crippen molar-refractivity contribution in [2.75, 3.05) is 7.11 Å². The monoisotopic (exact) mass is 276 g/mol. The number of ether oxygens (including phenoxy) is 1. The van der Waals surface area contributed by atoms with Gasteiger partial charge in [-0.15, -0.1) is 11.3 Å². The number of methoxy groups -OCH3 is 1. The van der Waals surface area contributed by atoms with Crippen molar-refractivity contribution in [3.63, 3.8) is 0 Å². The van der Waals surface area contributed by atoms with Gasteiger partial charge in [0.05, 0.1) is 7.11 Å². The summed E-state index contributed by atoms with van der Waals surface area (Å²) in [4.78, 5) is 6.87. The molecule has 0 aromatic carbocycles. The number of hydrogen-bond acceptors (Lipinski definition) is 4. The van der Waals surface area contributed by atoms with Crippen LogP contribution in [-0.4, -0.2) is 12.1 Å². The molecule has 0 amide bonds. The van der Waals surface area contributed by atoms with Crippen LogP contribution >= 0.6 is 11.3 Å². The van der Waals surface area contributed by atoms with Gasteiger partial charge in [-0.1, -0.05) is 0 Å². The maximum absolute atomic E-state index is 5.13. The van der Waals surface area contributed by atoms with Crippen LogP contribution < -0.4 is 10.1 Å². The lowest BCUT2D eigenvalue weighted by Gasteiger charge is -2.14. The van der Waals surface area contributed by atoms with Gasteiger partial charge < -0.3 is 10.1 Å². The molecular weight excluding hydrogens is 256 g/mol. The fourth-order valence-electron chi connectivity index (χ4n) is 2.13. The Morgan fingerprint density at radius 2 is 2.16 bits per heavy atom. The lowest BCUT2D eigenvalue weighted by molar-refractivity contribution is 0.397. The summed E-state index contributed by atoms with van der Waals surface area (Å²) >= 11 is 1.86. The highest BCUT2D eigenvalue weighted by Gasteiger charge is 2.10. The minimum absolute atomic E-state index is 0.351. The Bertz CT molecular complexity index is 551. The second-order valence-corrected chi connectivity index (χ2v) is 6.14. The molecule has 0 spiro atoms. The van der Waals surface area contributed by atoms with Gasteiger partial charge in [-0.25, -0.2) is 4.98 Å². The summed E-state index contributed by atoms with van der Waals surface area (Å²) in [5.74, 6) is 0.662. The van der Waals surface area contributed by atoms with Crippen LogP contribution in [0, 0.1) is 13.8 Å². The fourth-order valence-corrected chi connectivity index (χ4v) is 3.16. The molecule has 1 N–H and O–H groups in total. The smallest absolute Gasteiger partial charge is 0.213 e. The maximum atomic E-state index is 5.13. The quantitative estimate of drug-likeness (QED) is 0.905. The van der Waals surface area contributed by atoms with Crippen LogP contribution in [0.1, 0.15) is 33.8 Å². The first-order chi connectivity index (χ1) is 9.10. The molecule has 0 bridgehead atoms. The van der Waals surface area contributed by atoms with E-state index in [0.717, 1.165) is 6.54 Å². The van der Waals surface area contributed by atoms with Crippen molar-refractivity contribution in [3.8, 4) is 5.88 Å². The largest absolute Gasteiger partial charge is 0.481 e. The Labute approximate surface area is 118 Å². The Balaban J connectivity index is 2.00. The SMILES string of the molecule is COc1cc(CNC(C)c2cc(C)sc2C)ccn1. The summed E-state index contributed by atoms with van der Waals surface area (Å²) in [6.45, 7) is 7.35. The van der Waals surface area contributed by atoms with Gasteiger partial charge in [0.25, 0.3) is 0 Å². The first-order valence-electron chi connectivity index (χ1n) is 6.39. The van der Waals surface area contributed by atoms with E-state index >= 15 is 0 Å². The van der Waals surface area contributed by atoms with Crippen LogP contribution in [0.3, 0.4) is 0 Å². The van der Waals surface area contributed by atoms with Crippen LogP contribution in [0.15, 0.2) is 24.4 Å². The van der Waals surface area contributed by atoms with Crippen LogP contribution in [-0.2, 0) is 6.54 Å². The highest BCUT2D eigenvalue weighted by atomic mass is 32.1. The lowest BCUT2D eigenvalue weighted by atomic mass is 10.1. The molecule has 3 nitrogen and oxygen atoms in total. The van der Waals surface area contributed by atoms with Crippen LogP contribution in [0.4, 0.5) is 0 Å². The van der Waals surface area contributed by atoms with E-state index in [1.54, 1.807) is 13.3 Å². The van der Waals surface area contributed by atoms with Gasteiger partial charge >= 0.3 is 0 Å². The highest BCUT2D eigenvalue weighted by Crippen LogP contribution is 2.26. The van der Waals surface area contributed by atoms with Gasteiger partial charge in [-0.3, -0.25) is 0 Å². The van der Waals surface area contributed by atoms with E-state index in [2.05, 4.69) is 37.1 Å². The van der Waals surface area contributed by atoms with Crippen LogP contribution in [0.25, 0.3) is 0 Å². The average Bonchev–Trinajstić information content (AvgIpc) is 2.75. The number of pyridine rings is 1. The predicted molar refractivity (Wildman–Crippen MR) is 79.8 cm³/mol. The Morgan fingerprint density at radius 1 is 1.37 bits per heavy atom. The Morgan fingerprint density at radius 3 is 2.79 bits per heavy atom. The van der Waals surface area contributed by atoms with Crippen molar-refractivity contribution in [2.24, 2.45) is 0 Å². The van der Waals surface area contributed by atoms with Crippen molar-refractivity contribution in [3.05, 3.63) is 45.3 Å². The van der Waals surface area contributed by atoms with Gasteiger partial charge in [0, 0.05) is 34.6 Å². The van der Waals surface area contributed by atoms with Crippen molar-refractivity contribution >= 4 is 11.3 Å². The molecule has 2 aromatic heterocycles. The zero-order chi connectivity index (χ0) is 13.8. The molecular formula is C15H20N2OS. The second-order valence-electron chi connectivity index (χ2n) is 4.68. The van der Waals surface area contributed by atoms with E-state index in [1.165, 1.54) is 20.9 Å². The van der Waals surface area contributed by atoms with E-state index in [4.69, 9.17) is 4.74 Å². The normalized spacial score (nSPS) is 12.4. The van der Waals surface area contributed by atoms with Crippen molar-refractivity contribution in [2.45, 2.75) is 33.4 Å². The van der Waals surface area contributed by atoms with Crippen molar-refractivity contribution in [1.29, 1.82) is 0 Å². The summed E-state index contributed by atoms with van der Waals surface area (Å²) < 4.78 is 5.13. The molecule has 0 saturated heterocycles.